The third-order valence-electron chi connectivity index (χ3n) is 7.13. The first-order valence-corrected chi connectivity index (χ1v) is 12.9. The fourth-order valence-corrected chi connectivity index (χ4v) is 6.20. The molecule has 0 radical (unpaired) electrons. The molecule has 0 bridgehead atoms. The van der Waals surface area contributed by atoms with Crippen LogP contribution in [-0.4, -0.2) is 65.3 Å². The van der Waals surface area contributed by atoms with E-state index in [-0.39, 0.29) is 23.9 Å². The van der Waals surface area contributed by atoms with Crippen molar-refractivity contribution in [3.63, 3.8) is 0 Å². The second kappa shape index (κ2) is 9.76. The SMILES string of the molecule is Cc1ccccc1[C@@H]1c2ccsc2CCN1CCC(=O)N1CCN(C(=O)c2ccco2)[C@@H](C)C1. The minimum atomic E-state index is -0.106. The molecule has 0 N–H and O–H groups in total. The summed E-state index contributed by atoms with van der Waals surface area (Å²) >= 11 is 1.84. The first-order valence-electron chi connectivity index (χ1n) is 12.0. The van der Waals surface area contributed by atoms with Crippen molar-refractivity contribution < 1.29 is 14.0 Å². The van der Waals surface area contributed by atoms with Gasteiger partial charge in [-0.05, 0) is 60.5 Å². The van der Waals surface area contributed by atoms with Crippen LogP contribution in [-0.2, 0) is 11.2 Å². The summed E-state index contributed by atoms with van der Waals surface area (Å²) in [5, 5.41) is 2.19. The Morgan fingerprint density at radius 2 is 1.91 bits per heavy atom. The molecule has 1 fully saturated rings. The van der Waals surface area contributed by atoms with E-state index in [1.165, 1.54) is 27.8 Å². The summed E-state index contributed by atoms with van der Waals surface area (Å²) in [6, 6.07) is 14.4. The molecule has 1 saturated heterocycles. The fraction of sp³-hybridized carbons (Fsp3) is 0.407. The van der Waals surface area contributed by atoms with Gasteiger partial charge in [0.25, 0.3) is 5.91 Å². The maximum absolute atomic E-state index is 13.2. The van der Waals surface area contributed by atoms with Crippen molar-refractivity contribution in [3.05, 3.63) is 81.4 Å². The van der Waals surface area contributed by atoms with Crippen LogP contribution in [0, 0.1) is 6.92 Å². The third kappa shape index (κ3) is 4.42. The normalized spacial score (nSPS) is 20.9. The lowest BCUT2D eigenvalue weighted by Gasteiger charge is -2.40. The maximum Gasteiger partial charge on any atom is 0.289 e. The molecule has 1 aromatic carbocycles. The van der Waals surface area contributed by atoms with Gasteiger partial charge >= 0.3 is 0 Å². The molecule has 0 spiro atoms. The molecule has 5 rings (SSSR count). The maximum atomic E-state index is 13.2. The van der Waals surface area contributed by atoms with E-state index in [1.54, 1.807) is 17.0 Å². The number of benzene rings is 1. The average Bonchev–Trinajstić information content (AvgIpc) is 3.54. The lowest BCUT2D eigenvalue weighted by molar-refractivity contribution is -0.134. The highest BCUT2D eigenvalue weighted by molar-refractivity contribution is 7.10. The number of fused-ring (bicyclic) bond motifs is 1. The minimum Gasteiger partial charge on any atom is -0.459 e. The van der Waals surface area contributed by atoms with Crippen LogP contribution in [0.3, 0.4) is 0 Å². The molecule has 34 heavy (non-hydrogen) atoms. The number of aryl methyl sites for hydroxylation is 1. The van der Waals surface area contributed by atoms with E-state index in [4.69, 9.17) is 4.42 Å². The molecule has 2 atom stereocenters. The number of thiophene rings is 1. The predicted molar refractivity (Wildman–Crippen MR) is 133 cm³/mol. The number of carbonyl (C=O) groups excluding carboxylic acids is 2. The molecule has 0 saturated carbocycles. The molecular formula is C27H31N3O3S. The first-order chi connectivity index (χ1) is 16.5. The Labute approximate surface area is 204 Å². The van der Waals surface area contributed by atoms with E-state index in [0.717, 1.165) is 19.5 Å². The Balaban J connectivity index is 1.24. The molecule has 178 valence electrons. The van der Waals surface area contributed by atoms with Gasteiger partial charge in [-0.15, -0.1) is 11.3 Å². The highest BCUT2D eigenvalue weighted by Crippen LogP contribution is 2.38. The van der Waals surface area contributed by atoms with Crippen LogP contribution in [0.5, 0.6) is 0 Å². The molecule has 7 heteroatoms. The summed E-state index contributed by atoms with van der Waals surface area (Å²) in [7, 11) is 0. The van der Waals surface area contributed by atoms with Crippen molar-refractivity contribution in [1.29, 1.82) is 0 Å². The Kier molecular flexibility index (Phi) is 6.57. The Morgan fingerprint density at radius 3 is 2.68 bits per heavy atom. The van der Waals surface area contributed by atoms with Crippen LogP contribution in [0.2, 0.25) is 0 Å². The lowest BCUT2D eigenvalue weighted by atomic mass is 9.90. The van der Waals surface area contributed by atoms with Crippen molar-refractivity contribution >= 4 is 23.2 Å². The smallest absolute Gasteiger partial charge is 0.289 e. The number of carbonyl (C=O) groups is 2. The van der Waals surface area contributed by atoms with E-state index in [1.807, 2.05) is 23.2 Å². The topological polar surface area (TPSA) is 57.0 Å². The van der Waals surface area contributed by atoms with Crippen molar-refractivity contribution in [2.24, 2.45) is 0 Å². The van der Waals surface area contributed by atoms with Gasteiger partial charge in [-0.25, -0.2) is 0 Å². The zero-order valence-electron chi connectivity index (χ0n) is 19.8. The van der Waals surface area contributed by atoms with Crippen LogP contribution in [0.25, 0.3) is 0 Å². The number of rotatable bonds is 5. The van der Waals surface area contributed by atoms with Gasteiger partial charge in [0.2, 0.25) is 5.91 Å². The Bertz CT molecular complexity index is 1160. The minimum absolute atomic E-state index is 0.0432. The van der Waals surface area contributed by atoms with Gasteiger partial charge in [0.15, 0.2) is 5.76 Å². The number of amides is 2. The van der Waals surface area contributed by atoms with E-state index in [0.29, 0.717) is 31.8 Å². The van der Waals surface area contributed by atoms with Crippen molar-refractivity contribution in [3.8, 4) is 0 Å². The quantitative estimate of drug-likeness (QED) is 0.548. The summed E-state index contributed by atoms with van der Waals surface area (Å²) in [5.41, 5.74) is 4.00. The van der Waals surface area contributed by atoms with Gasteiger partial charge in [-0.2, -0.15) is 0 Å². The monoisotopic (exact) mass is 477 g/mol. The van der Waals surface area contributed by atoms with Crippen LogP contribution >= 0.6 is 11.3 Å². The standard InChI is InChI=1S/C27H31N3O3S/c1-19-6-3-4-7-21(19)26-22-11-17-34-24(22)9-12-28(26)13-10-25(31)29-14-15-30(20(2)18-29)27(32)23-8-5-16-33-23/h3-8,11,16-17,20,26H,9-10,12-15,18H2,1-2H3/t20-,26+/m0/s1. The van der Waals surface area contributed by atoms with E-state index in [2.05, 4.69) is 47.5 Å². The number of nitrogens with zero attached hydrogens (tertiary/aromatic N) is 3. The Hall–Kier alpha value is -2.90. The third-order valence-corrected chi connectivity index (χ3v) is 8.13. The predicted octanol–water partition coefficient (Wildman–Crippen LogP) is 4.36. The van der Waals surface area contributed by atoms with Gasteiger partial charge in [-0.3, -0.25) is 14.5 Å². The summed E-state index contributed by atoms with van der Waals surface area (Å²) in [4.78, 5) is 33.5. The molecule has 3 aromatic rings. The number of furan rings is 1. The second-order valence-electron chi connectivity index (χ2n) is 9.26. The van der Waals surface area contributed by atoms with E-state index in [9.17, 15) is 9.59 Å². The summed E-state index contributed by atoms with van der Waals surface area (Å²) in [6.07, 6.45) is 3.04. The second-order valence-corrected chi connectivity index (χ2v) is 10.3. The zero-order chi connectivity index (χ0) is 23.7. The van der Waals surface area contributed by atoms with Crippen LogP contribution in [0.4, 0.5) is 0 Å². The van der Waals surface area contributed by atoms with Gasteiger partial charge < -0.3 is 14.2 Å². The molecule has 4 heterocycles. The molecule has 2 aromatic heterocycles. The molecular weight excluding hydrogens is 446 g/mol. The van der Waals surface area contributed by atoms with Crippen molar-refractivity contribution in [2.45, 2.75) is 38.8 Å². The number of hydrogen-bond acceptors (Lipinski definition) is 5. The molecule has 0 aliphatic carbocycles. The summed E-state index contributed by atoms with van der Waals surface area (Å²) < 4.78 is 5.27. The lowest BCUT2D eigenvalue weighted by Crippen LogP contribution is -2.55. The van der Waals surface area contributed by atoms with E-state index >= 15 is 0 Å². The number of piperazine rings is 1. The highest BCUT2D eigenvalue weighted by atomic mass is 32.1. The largest absolute Gasteiger partial charge is 0.459 e. The highest BCUT2D eigenvalue weighted by Gasteiger charge is 2.33. The van der Waals surface area contributed by atoms with Crippen molar-refractivity contribution in [1.82, 2.24) is 14.7 Å². The zero-order valence-corrected chi connectivity index (χ0v) is 20.6. The Morgan fingerprint density at radius 1 is 1.06 bits per heavy atom. The van der Waals surface area contributed by atoms with Gasteiger partial charge in [-0.1, -0.05) is 24.3 Å². The van der Waals surface area contributed by atoms with Crippen LogP contribution < -0.4 is 0 Å². The first kappa shape index (κ1) is 22.9. The van der Waals surface area contributed by atoms with Crippen LogP contribution in [0.1, 0.15) is 51.5 Å². The fourth-order valence-electron chi connectivity index (χ4n) is 5.29. The molecule has 0 unspecified atom stereocenters. The average molecular weight is 478 g/mol. The molecule has 2 amide bonds. The molecule has 6 nitrogen and oxygen atoms in total. The van der Waals surface area contributed by atoms with Gasteiger partial charge in [0.05, 0.1) is 12.3 Å². The molecule has 2 aliphatic rings. The van der Waals surface area contributed by atoms with Crippen molar-refractivity contribution in [2.75, 3.05) is 32.7 Å². The summed E-state index contributed by atoms with van der Waals surface area (Å²) in [6.45, 7) is 7.50. The number of hydrogen-bond donors (Lipinski definition) is 0. The van der Waals surface area contributed by atoms with Crippen LogP contribution in [0.15, 0.2) is 58.5 Å². The van der Waals surface area contributed by atoms with Gasteiger partial charge in [0, 0.05) is 50.1 Å². The van der Waals surface area contributed by atoms with E-state index < -0.39 is 0 Å². The summed E-state index contributed by atoms with van der Waals surface area (Å²) in [5.74, 6) is 0.411. The van der Waals surface area contributed by atoms with Gasteiger partial charge in [0.1, 0.15) is 0 Å². The molecule has 2 aliphatic heterocycles.